The summed E-state index contributed by atoms with van der Waals surface area (Å²) in [4.78, 5) is 27.8. The van der Waals surface area contributed by atoms with E-state index < -0.39 is 0 Å². The molecular formula is C22H29IN6O2. The molecule has 3 rings (SSSR count). The van der Waals surface area contributed by atoms with Crippen molar-refractivity contribution >= 4 is 35.8 Å². The second-order valence-corrected chi connectivity index (χ2v) is 7.15. The predicted molar refractivity (Wildman–Crippen MR) is 132 cm³/mol. The average Bonchev–Trinajstić information content (AvgIpc) is 3.43. The van der Waals surface area contributed by atoms with E-state index >= 15 is 0 Å². The highest BCUT2D eigenvalue weighted by molar-refractivity contribution is 14.0. The zero-order valence-corrected chi connectivity index (χ0v) is 20.4. The van der Waals surface area contributed by atoms with E-state index in [2.05, 4.69) is 20.3 Å². The van der Waals surface area contributed by atoms with Gasteiger partial charge in [0.1, 0.15) is 18.1 Å². The number of halogens is 1. The molecule has 1 amide bonds. The molecule has 0 aliphatic carbocycles. The van der Waals surface area contributed by atoms with Gasteiger partial charge in [0, 0.05) is 34.1 Å². The number of H-pyrrole nitrogens is 1. The summed E-state index contributed by atoms with van der Waals surface area (Å²) in [7, 11) is 5.36. The number of aromatic amines is 1. The lowest BCUT2D eigenvalue weighted by molar-refractivity contribution is -0.127. The van der Waals surface area contributed by atoms with Crippen molar-refractivity contribution < 1.29 is 9.21 Å². The fraction of sp³-hybridized carbons (Fsp3) is 0.318. The van der Waals surface area contributed by atoms with Gasteiger partial charge in [-0.15, -0.1) is 24.0 Å². The van der Waals surface area contributed by atoms with Crippen LogP contribution in [0.4, 0.5) is 0 Å². The molecule has 166 valence electrons. The van der Waals surface area contributed by atoms with Crippen molar-refractivity contribution in [3.05, 3.63) is 66.5 Å². The number of hydrogen-bond acceptors (Lipinski definition) is 4. The number of nitrogens with zero attached hydrogens (tertiary/aromatic N) is 4. The third-order valence-electron chi connectivity index (χ3n) is 4.56. The smallest absolute Gasteiger partial charge is 0.243 e. The number of likely N-dealkylation sites (N-methyl/N-ethyl adjacent to an activating group) is 1. The SMILES string of the molecule is CN(C)C(=O)CN=C(NCCc1ccco1)N(C)Cc1ncc(-c2ccccc2)[nH]1.I. The molecule has 0 spiro atoms. The standard InChI is InChI=1S/C22H28N6O2.HI/c1-27(2)21(29)15-25-22(23-12-11-18-10-7-13-30-18)28(3)16-20-24-14-19(26-20)17-8-5-4-6-9-17;/h4-10,13-14H,11-12,15-16H2,1-3H3,(H,23,25)(H,24,26);1H. The van der Waals surface area contributed by atoms with Crippen LogP contribution in [0.2, 0.25) is 0 Å². The summed E-state index contributed by atoms with van der Waals surface area (Å²) in [5.74, 6) is 2.29. The fourth-order valence-electron chi connectivity index (χ4n) is 2.85. The summed E-state index contributed by atoms with van der Waals surface area (Å²) < 4.78 is 5.38. The number of guanidine groups is 1. The maximum Gasteiger partial charge on any atom is 0.243 e. The zero-order chi connectivity index (χ0) is 21.3. The molecule has 1 aromatic carbocycles. The molecule has 0 atom stereocenters. The molecule has 2 heterocycles. The van der Waals surface area contributed by atoms with Crippen LogP contribution in [0.3, 0.4) is 0 Å². The van der Waals surface area contributed by atoms with Crippen LogP contribution in [0, 0.1) is 0 Å². The summed E-state index contributed by atoms with van der Waals surface area (Å²) in [6.45, 7) is 1.24. The number of carbonyl (C=O) groups excluding carboxylic acids is 1. The Morgan fingerprint density at radius 3 is 2.61 bits per heavy atom. The summed E-state index contributed by atoms with van der Waals surface area (Å²) in [6, 6.07) is 13.9. The molecule has 9 heteroatoms. The quantitative estimate of drug-likeness (QED) is 0.263. The molecule has 0 radical (unpaired) electrons. The number of furan rings is 1. The number of carbonyl (C=O) groups is 1. The second-order valence-electron chi connectivity index (χ2n) is 7.15. The van der Waals surface area contributed by atoms with Gasteiger partial charge in [-0.3, -0.25) is 4.79 Å². The topological polar surface area (TPSA) is 89.8 Å². The minimum Gasteiger partial charge on any atom is -0.469 e. The molecule has 0 saturated carbocycles. The highest BCUT2D eigenvalue weighted by Crippen LogP contribution is 2.16. The molecular weight excluding hydrogens is 507 g/mol. The van der Waals surface area contributed by atoms with Crippen molar-refractivity contribution in [3.8, 4) is 11.3 Å². The van der Waals surface area contributed by atoms with E-state index in [1.165, 1.54) is 4.90 Å². The first kappa shape index (κ1) is 24.4. The Morgan fingerprint density at radius 2 is 1.94 bits per heavy atom. The van der Waals surface area contributed by atoms with E-state index in [-0.39, 0.29) is 36.4 Å². The maximum absolute atomic E-state index is 12.0. The van der Waals surface area contributed by atoms with Crippen LogP contribution in [0.5, 0.6) is 0 Å². The predicted octanol–water partition coefficient (Wildman–Crippen LogP) is 3.00. The van der Waals surface area contributed by atoms with E-state index in [0.29, 0.717) is 19.0 Å². The minimum atomic E-state index is -0.0573. The number of hydrogen-bond donors (Lipinski definition) is 2. The first-order valence-corrected chi connectivity index (χ1v) is 9.84. The highest BCUT2D eigenvalue weighted by atomic mass is 127. The molecule has 0 bridgehead atoms. The number of amides is 1. The monoisotopic (exact) mass is 536 g/mol. The first-order valence-electron chi connectivity index (χ1n) is 9.84. The Hall–Kier alpha value is -2.82. The number of aliphatic imine (C=N–C) groups is 1. The van der Waals surface area contributed by atoms with Crippen molar-refractivity contribution in [2.45, 2.75) is 13.0 Å². The van der Waals surface area contributed by atoms with Gasteiger partial charge in [-0.1, -0.05) is 30.3 Å². The van der Waals surface area contributed by atoms with E-state index in [1.807, 2.05) is 60.6 Å². The van der Waals surface area contributed by atoms with Crippen molar-refractivity contribution in [2.24, 2.45) is 4.99 Å². The lowest BCUT2D eigenvalue weighted by Gasteiger charge is -2.21. The average molecular weight is 536 g/mol. The number of rotatable bonds is 8. The van der Waals surface area contributed by atoms with Crippen LogP contribution < -0.4 is 5.32 Å². The van der Waals surface area contributed by atoms with E-state index in [9.17, 15) is 4.79 Å². The van der Waals surface area contributed by atoms with Crippen LogP contribution >= 0.6 is 24.0 Å². The molecule has 8 nitrogen and oxygen atoms in total. The molecule has 0 fully saturated rings. The molecule has 3 aromatic rings. The third kappa shape index (κ3) is 7.42. The maximum atomic E-state index is 12.0. The van der Waals surface area contributed by atoms with Crippen molar-refractivity contribution in [1.82, 2.24) is 25.1 Å². The van der Waals surface area contributed by atoms with Gasteiger partial charge in [0.05, 0.1) is 24.7 Å². The van der Waals surface area contributed by atoms with Crippen molar-refractivity contribution in [3.63, 3.8) is 0 Å². The van der Waals surface area contributed by atoms with Crippen LogP contribution in [0.15, 0.2) is 64.3 Å². The number of nitrogens with one attached hydrogen (secondary N) is 2. The summed E-state index contributed by atoms with van der Waals surface area (Å²) in [6.07, 6.45) is 4.21. The van der Waals surface area contributed by atoms with Gasteiger partial charge >= 0.3 is 0 Å². The third-order valence-corrected chi connectivity index (χ3v) is 4.56. The number of aromatic nitrogens is 2. The van der Waals surface area contributed by atoms with Gasteiger partial charge in [-0.25, -0.2) is 9.98 Å². The molecule has 2 N–H and O–H groups in total. The van der Waals surface area contributed by atoms with Gasteiger partial charge in [-0.2, -0.15) is 0 Å². The van der Waals surface area contributed by atoms with Crippen LogP contribution in [-0.4, -0.2) is 65.9 Å². The lowest BCUT2D eigenvalue weighted by atomic mass is 10.2. The first-order chi connectivity index (χ1) is 14.5. The summed E-state index contributed by atoms with van der Waals surface area (Å²) in [5.41, 5.74) is 2.05. The molecule has 0 aliphatic rings. The number of benzene rings is 1. The molecule has 0 aliphatic heterocycles. The van der Waals surface area contributed by atoms with Crippen LogP contribution in [0.1, 0.15) is 11.6 Å². The van der Waals surface area contributed by atoms with Crippen molar-refractivity contribution in [2.75, 3.05) is 34.2 Å². The largest absolute Gasteiger partial charge is 0.469 e. The van der Waals surface area contributed by atoms with Crippen molar-refractivity contribution in [1.29, 1.82) is 0 Å². The van der Waals surface area contributed by atoms with Gasteiger partial charge < -0.3 is 24.5 Å². The summed E-state index contributed by atoms with van der Waals surface area (Å²) >= 11 is 0. The minimum absolute atomic E-state index is 0. The lowest BCUT2D eigenvalue weighted by Crippen LogP contribution is -2.40. The second kappa shape index (κ2) is 12.1. The molecule has 2 aromatic heterocycles. The fourth-order valence-corrected chi connectivity index (χ4v) is 2.85. The summed E-state index contributed by atoms with van der Waals surface area (Å²) in [5, 5.41) is 3.31. The Kier molecular flexibility index (Phi) is 9.57. The Labute approximate surface area is 199 Å². The number of imidazole rings is 1. The van der Waals surface area contributed by atoms with E-state index in [1.54, 1.807) is 20.4 Å². The zero-order valence-electron chi connectivity index (χ0n) is 18.0. The van der Waals surface area contributed by atoms with E-state index in [0.717, 1.165) is 29.3 Å². The Morgan fingerprint density at radius 1 is 1.16 bits per heavy atom. The van der Waals surface area contributed by atoms with Crippen LogP contribution in [0.25, 0.3) is 11.3 Å². The highest BCUT2D eigenvalue weighted by Gasteiger charge is 2.12. The van der Waals surface area contributed by atoms with Gasteiger partial charge in [0.25, 0.3) is 0 Å². The van der Waals surface area contributed by atoms with Crippen LogP contribution in [-0.2, 0) is 17.8 Å². The normalized spacial score (nSPS) is 11.0. The van der Waals surface area contributed by atoms with E-state index in [4.69, 9.17) is 4.42 Å². The van der Waals surface area contributed by atoms with Gasteiger partial charge in [0.2, 0.25) is 5.91 Å². The molecule has 0 saturated heterocycles. The Bertz CT molecular complexity index is 954. The Balaban J connectivity index is 0.00000341. The van der Waals surface area contributed by atoms with Gasteiger partial charge in [-0.05, 0) is 17.7 Å². The molecule has 31 heavy (non-hydrogen) atoms. The molecule has 0 unspecified atom stereocenters. The van der Waals surface area contributed by atoms with Gasteiger partial charge in [0.15, 0.2) is 5.96 Å².